The number of benzene rings is 1. The second-order valence-electron chi connectivity index (χ2n) is 6.13. The zero-order valence-electron chi connectivity index (χ0n) is 14.1. The van der Waals surface area contributed by atoms with Gasteiger partial charge in [0.15, 0.2) is 0 Å². The number of rotatable bonds is 6. The van der Waals surface area contributed by atoms with E-state index < -0.39 is 5.63 Å². The van der Waals surface area contributed by atoms with Crippen LogP contribution in [0.5, 0.6) is 5.75 Å². The number of hydrogen-bond donors (Lipinski definition) is 0. The molecule has 0 atom stereocenters. The minimum atomic E-state index is -0.460. The third kappa shape index (κ3) is 4.34. The molecule has 0 saturated heterocycles. The molecule has 2 aromatic rings. The van der Waals surface area contributed by atoms with Crippen LogP contribution in [-0.2, 0) is 11.2 Å². The van der Waals surface area contributed by atoms with Crippen LogP contribution in [0.15, 0.2) is 33.5 Å². The van der Waals surface area contributed by atoms with Crippen molar-refractivity contribution in [3.8, 4) is 5.75 Å². The standard InChI is InChI=1S/C18H23NO4/c1-12(2)7-8-19(3)17(20)9-13-10-18(21)23-16-11-14(22-4)5-6-15(13)16/h5-6,10-12H,7-9H2,1-4H3. The van der Waals surface area contributed by atoms with Crippen molar-refractivity contribution in [3.05, 3.63) is 40.2 Å². The smallest absolute Gasteiger partial charge is 0.336 e. The summed E-state index contributed by atoms with van der Waals surface area (Å²) < 4.78 is 10.3. The van der Waals surface area contributed by atoms with E-state index in [-0.39, 0.29) is 12.3 Å². The molecule has 124 valence electrons. The van der Waals surface area contributed by atoms with E-state index in [1.807, 2.05) is 6.07 Å². The SMILES string of the molecule is COc1ccc2c(CC(=O)N(C)CCC(C)C)cc(=O)oc2c1. The summed E-state index contributed by atoms with van der Waals surface area (Å²) in [5.74, 6) is 1.15. The summed E-state index contributed by atoms with van der Waals surface area (Å²) in [6.45, 7) is 4.97. The average molecular weight is 317 g/mol. The number of fused-ring (bicyclic) bond motifs is 1. The van der Waals surface area contributed by atoms with Gasteiger partial charge in [0.1, 0.15) is 11.3 Å². The number of methoxy groups -OCH3 is 1. The van der Waals surface area contributed by atoms with Gasteiger partial charge in [-0.3, -0.25) is 4.79 Å². The van der Waals surface area contributed by atoms with Crippen LogP contribution in [0.4, 0.5) is 0 Å². The van der Waals surface area contributed by atoms with Crippen molar-refractivity contribution in [1.82, 2.24) is 4.90 Å². The predicted octanol–water partition coefficient (Wildman–Crippen LogP) is 2.85. The number of carbonyl (C=O) groups excluding carboxylic acids is 1. The maximum Gasteiger partial charge on any atom is 0.336 e. The van der Waals surface area contributed by atoms with Gasteiger partial charge in [0.25, 0.3) is 0 Å². The third-order valence-corrected chi connectivity index (χ3v) is 3.85. The molecule has 5 heteroatoms. The summed E-state index contributed by atoms with van der Waals surface area (Å²) in [6, 6.07) is 6.66. The third-order valence-electron chi connectivity index (χ3n) is 3.85. The minimum Gasteiger partial charge on any atom is -0.497 e. The second kappa shape index (κ2) is 7.31. The molecule has 0 N–H and O–H groups in total. The molecule has 23 heavy (non-hydrogen) atoms. The van der Waals surface area contributed by atoms with Gasteiger partial charge in [0.05, 0.1) is 13.5 Å². The van der Waals surface area contributed by atoms with Crippen LogP contribution in [0.3, 0.4) is 0 Å². The molecule has 0 bridgehead atoms. The number of hydrogen-bond acceptors (Lipinski definition) is 4. The molecule has 1 amide bonds. The van der Waals surface area contributed by atoms with Crippen LogP contribution in [-0.4, -0.2) is 31.5 Å². The van der Waals surface area contributed by atoms with Crippen molar-refractivity contribution in [2.45, 2.75) is 26.7 Å². The van der Waals surface area contributed by atoms with Crippen molar-refractivity contribution in [2.24, 2.45) is 5.92 Å². The Balaban J connectivity index is 2.25. The lowest BCUT2D eigenvalue weighted by molar-refractivity contribution is -0.129. The van der Waals surface area contributed by atoms with Crippen LogP contribution >= 0.6 is 0 Å². The fourth-order valence-electron chi connectivity index (χ4n) is 2.36. The minimum absolute atomic E-state index is 0.00614. The predicted molar refractivity (Wildman–Crippen MR) is 89.8 cm³/mol. The van der Waals surface area contributed by atoms with E-state index in [1.165, 1.54) is 6.07 Å². The first kappa shape index (κ1) is 17.1. The molecule has 0 radical (unpaired) electrons. The molecule has 0 aliphatic rings. The highest BCUT2D eigenvalue weighted by Crippen LogP contribution is 2.23. The molecule has 0 fully saturated rings. The molecule has 0 aliphatic heterocycles. The van der Waals surface area contributed by atoms with E-state index in [1.54, 1.807) is 31.2 Å². The monoisotopic (exact) mass is 317 g/mol. The molecule has 1 aromatic heterocycles. The Hall–Kier alpha value is -2.30. The maximum atomic E-state index is 12.4. The Morgan fingerprint density at radius 3 is 2.70 bits per heavy atom. The summed E-state index contributed by atoms with van der Waals surface area (Å²) in [5.41, 5.74) is 0.656. The summed E-state index contributed by atoms with van der Waals surface area (Å²) >= 11 is 0. The number of likely N-dealkylation sites (N-methyl/N-ethyl adjacent to an activating group) is 1. The average Bonchev–Trinajstić information content (AvgIpc) is 2.51. The van der Waals surface area contributed by atoms with Crippen molar-refractivity contribution < 1.29 is 13.9 Å². The number of amides is 1. The van der Waals surface area contributed by atoms with E-state index in [9.17, 15) is 9.59 Å². The van der Waals surface area contributed by atoms with Crippen LogP contribution in [0.1, 0.15) is 25.8 Å². The highest BCUT2D eigenvalue weighted by molar-refractivity contribution is 5.87. The summed E-state index contributed by atoms with van der Waals surface area (Å²) in [7, 11) is 3.34. The molecule has 5 nitrogen and oxygen atoms in total. The molecule has 0 spiro atoms. The molecule has 0 saturated carbocycles. The Labute approximate surface area is 135 Å². The molecule has 2 rings (SSSR count). The summed E-state index contributed by atoms with van der Waals surface area (Å²) in [6.07, 6.45) is 1.14. The van der Waals surface area contributed by atoms with Crippen LogP contribution in [0.25, 0.3) is 11.0 Å². The largest absolute Gasteiger partial charge is 0.497 e. The van der Waals surface area contributed by atoms with Gasteiger partial charge in [-0.1, -0.05) is 13.8 Å². The Kier molecular flexibility index (Phi) is 5.42. The molecule has 1 aromatic carbocycles. The van der Waals surface area contributed by atoms with Gasteiger partial charge in [0, 0.05) is 31.1 Å². The van der Waals surface area contributed by atoms with Crippen molar-refractivity contribution in [2.75, 3.05) is 20.7 Å². The molecule has 0 unspecified atom stereocenters. The molecular formula is C18H23NO4. The topological polar surface area (TPSA) is 59.8 Å². The van der Waals surface area contributed by atoms with Crippen LogP contribution < -0.4 is 10.4 Å². The van der Waals surface area contributed by atoms with Gasteiger partial charge in [-0.05, 0) is 30.0 Å². The first-order chi connectivity index (χ1) is 10.9. The number of carbonyl (C=O) groups is 1. The first-order valence-corrected chi connectivity index (χ1v) is 7.75. The maximum absolute atomic E-state index is 12.4. The van der Waals surface area contributed by atoms with Crippen LogP contribution in [0.2, 0.25) is 0 Å². The lowest BCUT2D eigenvalue weighted by Crippen LogP contribution is -2.30. The van der Waals surface area contributed by atoms with Crippen molar-refractivity contribution in [3.63, 3.8) is 0 Å². The molecular weight excluding hydrogens is 294 g/mol. The van der Waals surface area contributed by atoms with Gasteiger partial charge in [-0.2, -0.15) is 0 Å². The zero-order valence-corrected chi connectivity index (χ0v) is 14.1. The van der Waals surface area contributed by atoms with Crippen molar-refractivity contribution >= 4 is 16.9 Å². The lowest BCUT2D eigenvalue weighted by Gasteiger charge is -2.18. The first-order valence-electron chi connectivity index (χ1n) is 7.75. The van der Waals surface area contributed by atoms with Crippen molar-refractivity contribution in [1.29, 1.82) is 0 Å². The highest BCUT2D eigenvalue weighted by Gasteiger charge is 2.14. The van der Waals surface area contributed by atoms with Gasteiger partial charge >= 0.3 is 5.63 Å². The van der Waals surface area contributed by atoms with Crippen LogP contribution in [0, 0.1) is 5.92 Å². The normalized spacial score (nSPS) is 11.0. The Morgan fingerprint density at radius 2 is 2.04 bits per heavy atom. The fraction of sp³-hybridized carbons (Fsp3) is 0.444. The fourth-order valence-corrected chi connectivity index (χ4v) is 2.36. The second-order valence-corrected chi connectivity index (χ2v) is 6.13. The number of ether oxygens (including phenoxy) is 1. The summed E-state index contributed by atoms with van der Waals surface area (Å²) in [4.78, 5) is 25.8. The van der Waals surface area contributed by atoms with E-state index >= 15 is 0 Å². The summed E-state index contributed by atoms with van der Waals surface area (Å²) in [5, 5.41) is 0.760. The molecule has 0 aliphatic carbocycles. The van der Waals surface area contributed by atoms with E-state index in [0.717, 1.165) is 11.8 Å². The number of nitrogens with zero attached hydrogens (tertiary/aromatic N) is 1. The van der Waals surface area contributed by atoms with E-state index in [4.69, 9.17) is 9.15 Å². The zero-order chi connectivity index (χ0) is 17.0. The van der Waals surface area contributed by atoms with Gasteiger partial charge < -0.3 is 14.1 Å². The molecule has 1 heterocycles. The Morgan fingerprint density at radius 1 is 1.30 bits per heavy atom. The lowest BCUT2D eigenvalue weighted by atomic mass is 10.1. The van der Waals surface area contributed by atoms with Gasteiger partial charge in [-0.25, -0.2) is 4.79 Å². The quantitative estimate of drug-likeness (QED) is 0.769. The van der Waals surface area contributed by atoms with Gasteiger partial charge in [0.2, 0.25) is 5.91 Å². The van der Waals surface area contributed by atoms with E-state index in [2.05, 4.69) is 13.8 Å². The van der Waals surface area contributed by atoms with E-state index in [0.29, 0.717) is 29.4 Å². The van der Waals surface area contributed by atoms with Gasteiger partial charge in [-0.15, -0.1) is 0 Å². The highest BCUT2D eigenvalue weighted by atomic mass is 16.5. The Bertz CT molecular complexity index is 748.